The summed E-state index contributed by atoms with van der Waals surface area (Å²) in [6.07, 6.45) is 0. The summed E-state index contributed by atoms with van der Waals surface area (Å²) in [6, 6.07) is 15.9. The molecule has 50 heavy (non-hydrogen) atoms. The lowest BCUT2D eigenvalue weighted by atomic mass is 10.1. The SMILES string of the molecule is C[Si](C)(C)C(c1cccc(C([Si](C)(C)C)[Si](C)(C)C)c1[SiH2][SiH2]c1c(C([Si](C)(C)C)[Si](C)(C)C)cccc1C([Si](C)(C)C)[Si](C)(C)C)[Si](C)(C)C. The van der Waals surface area contributed by atoms with Crippen molar-refractivity contribution in [2.45, 2.75) is 178 Å². The fraction of sp³-hybridized carbons (Fsp3) is 0.700. The van der Waals surface area contributed by atoms with Gasteiger partial charge < -0.3 is 0 Å². The molecule has 2 aromatic rings. The lowest BCUT2D eigenvalue weighted by Gasteiger charge is -2.44. The second-order valence-corrected chi connectivity index (χ2v) is 75.2. The monoisotopic (exact) mass is 846 g/mol. The van der Waals surface area contributed by atoms with Crippen LogP contribution in [-0.2, 0) is 0 Å². The van der Waals surface area contributed by atoms with E-state index in [0.717, 1.165) is 20.7 Å². The average molecular weight is 848 g/mol. The minimum atomic E-state index is -1.46. The van der Waals surface area contributed by atoms with Crippen molar-refractivity contribution in [2.75, 3.05) is 0 Å². The van der Waals surface area contributed by atoms with Gasteiger partial charge in [0.15, 0.2) is 0 Å². The number of benzene rings is 2. The zero-order valence-electron chi connectivity index (χ0n) is 38.2. The minimum Gasteiger partial charge on any atom is -0.0693 e. The van der Waals surface area contributed by atoms with Gasteiger partial charge in [0.05, 0.1) is 0 Å². The van der Waals surface area contributed by atoms with Gasteiger partial charge in [-0.05, 0) is 20.7 Å². The summed E-state index contributed by atoms with van der Waals surface area (Å²) in [5.74, 6) is 0. The van der Waals surface area contributed by atoms with E-state index in [9.17, 15) is 0 Å². The van der Waals surface area contributed by atoms with Crippen molar-refractivity contribution in [1.29, 1.82) is 0 Å². The lowest BCUT2D eigenvalue weighted by molar-refractivity contribution is 1.14. The molecule has 0 unspecified atom stereocenters. The van der Waals surface area contributed by atoms with Crippen molar-refractivity contribution < 1.29 is 0 Å². The Hall–Kier alpha value is 0.609. The van der Waals surface area contributed by atoms with Gasteiger partial charge in [-0.25, -0.2) is 0 Å². The summed E-state index contributed by atoms with van der Waals surface area (Å²) in [4.78, 5) is 0. The average Bonchev–Trinajstić information content (AvgIpc) is 2.77. The van der Waals surface area contributed by atoms with Gasteiger partial charge >= 0.3 is 0 Å². The van der Waals surface area contributed by atoms with Gasteiger partial charge in [-0.1, -0.05) is 226 Å². The smallest absolute Gasteiger partial charge is 0.0493 e. The highest BCUT2D eigenvalue weighted by molar-refractivity contribution is 7.14. The van der Waals surface area contributed by atoms with Crippen LogP contribution in [0.2, 0.25) is 157 Å². The molecule has 0 aliphatic rings. The van der Waals surface area contributed by atoms with Gasteiger partial charge in [0.1, 0.15) is 0 Å². The van der Waals surface area contributed by atoms with Crippen LogP contribution in [0.3, 0.4) is 0 Å². The highest BCUT2D eigenvalue weighted by Crippen LogP contribution is 2.41. The van der Waals surface area contributed by atoms with E-state index in [4.69, 9.17) is 0 Å². The predicted molar refractivity (Wildman–Crippen MR) is 267 cm³/mol. The van der Waals surface area contributed by atoms with E-state index in [2.05, 4.69) is 194 Å². The molecule has 0 aliphatic carbocycles. The van der Waals surface area contributed by atoms with Crippen LogP contribution in [0.5, 0.6) is 0 Å². The molecule has 286 valence electrons. The third-order valence-electron chi connectivity index (χ3n) is 11.3. The summed E-state index contributed by atoms with van der Waals surface area (Å²) >= 11 is 0. The zero-order chi connectivity index (χ0) is 39.4. The minimum absolute atomic E-state index is 0.477. The molecule has 0 amide bonds. The normalized spacial score (nSPS) is 15.4. The van der Waals surface area contributed by atoms with E-state index >= 15 is 0 Å². The quantitative estimate of drug-likeness (QED) is 0.157. The standard InChI is InChI=1S/C40H86Si10/c1-43(2,3)37(44(4,5)6)31-27-25-28-32(38(45(7,8)9)46(10,11)12)35(31)41-42-36-33(39(47(13,14)15)48(16,17)18)29-26-30-34(36)40(49(19,20)21)50(22,23)24/h25-30,37-40H,41-42H2,1-24H3. The topological polar surface area (TPSA) is 0 Å². The third-order valence-corrected chi connectivity index (χ3v) is 55.1. The van der Waals surface area contributed by atoms with E-state index in [0.29, 0.717) is 0 Å². The van der Waals surface area contributed by atoms with Crippen LogP contribution >= 0.6 is 0 Å². The molecule has 0 aliphatic heterocycles. The van der Waals surface area contributed by atoms with E-state index in [1.165, 1.54) is 0 Å². The first kappa shape index (κ1) is 46.8. The molecule has 0 aromatic heterocycles. The van der Waals surface area contributed by atoms with Gasteiger partial charge in [-0.2, -0.15) is 0 Å². The summed E-state index contributed by atoms with van der Waals surface area (Å²) in [5, 5.41) is 7.27. The Labute approximate surface area is 327 Å². The summed E-state index contributed by atoms with van der Waals surface area (Å²) in [6.45, 7) is 64.8. The van der Waals surface area contributed by atoms with Crippen molar-refractivity contribution in [3.63, 3.8) is 0 Å². The maximum atomic E-state index is 2.70. The summed E-state index contributed by atoms with van der Waals surface area (Å²) < 4.78 is 0. The molecule has 0 saturated heterocycles. The molecular weight excluding hydrogens is 761 g/mol. The van der Waals surface area contributed by atoms with Crippen LogP contribution in [0.25, 0.3) is 0 Å². The molecule has 10 heteroatoms. The Morgan fingerprint density at radius 2 is 0.420 bits per heavy atom. The van der Waals surface area contributed by atoms with Gasteiger partial charge in [0, 0.05) is 82.7 Å². The van der Waals surface area contributed by atoms with Gasteiger partial charge in [0.2, 0.25) is 0 Å². The Morgan fingerprint density at radius 1 is 0.280 bits per heavy atom. The first-order chi connectivity index (χ1) is 21.9. The van der Waals surface area contributed by atoms with Gasteiger partial charge in [-0.3, -0.25) is 0 Å². The highest BCUT2D eigenvalue weighted by Gasteiger charge is 2.46. The van der Waals surface area contributed by atoms with E-state index in [-0.39, 0.29) is 0 Å². The van der Waals surface area contributed by atoms with Crippen LogP contribution in [0.4, 0.5) is 0 Å². The molecule has 0 atom stereocenters. The number of hydrogen-bond donors (Lipinski definition) is 0. The Morgan fingerprint density at radius 3 is 0.540 bits per heavy atom. The van der Waals surface area contributed by atoms with Crippen LogP contribution in [0.15, 0.2) is 36.4 Å². The van der Waals surface area contributed by atoms with Gasteiger partial charge in [0.25, 0.3) is 0 Å². The molecule has 0 spiro atoms. The molecule has 0 radical (unpaired) electrons. The van der Waals surface area contributed by atoms with E-state index in [1.807, 2.05) is 32.6 Å². The predicted octanol–water partition coefficient (Wildman–Crippen LogP) is 11.2. The van der Waals surface area contributed by atoms with Crippen molar-refractivity contribution >= 4 is 93.0 Å². The van der Waals surface area contributed by atoms with Crippen LogP contribution in [0.1, 0.15) is 42.9 Å². The third kappa shape index (κ3) is 11.6. The summed E-state index contributed by atoms with van der Waals surface area (Å²) in [7, 11) is -12.7. The van der Waals surface area contributed by atoms with E-state index < -0.39 is 82.7 Å². The molecule has 0 bridgehead atoms. The molecule has 0 nitrogen and oxygen atoms in total. The maximum Gasteiger partial charge on any atom is 0.0493 e. The lowest BCUT2D eigenvalue weighted by Crippen LogP contribution is -2.55. The molecular formula is C40H86Si10. The Bertz CT molecular complexity index is 1170. The summed E-state index contributed by atoms with van der Waals surface area (Å²) in [5.41, 5.74) is 7.50. The first-order valence-corrected chi connectivity index (χ1v) is 54.2. The van der Waals surface area contributed by atoms with Crippen molar-refractivity contribution in [3.05, 3.63) is 58.7 Å². The molecule has 0 saturated carbocycles. The molecule has 0 heterocycles. The van der Waals surface area contributed by atoms with E-state index in [1.54, 1.807) is 0 Å². The van der Waals surface area contributed by atoms with Crippen molar-refractivity contribution in [2.24, 2.45) is 0 Å². The number of rotatable bonds is 15. The molecule has 2 aromatic carbocycles. The molecule has 0 fully saturated rings. The second kappa shape index (κ2) is 15.6. The van der Waals surface area contributed by atoms with Gasteiger partial charge in [-0.15, -0.1) is 0 Å². The van der Waals surface area contributed by atoms with Crippen LogP contribution in [-0.4, -0.2) is 82.7 Å². The first-order valence-electron chi connectivity index (χ1n) is 20.2. The molecule has 2 rings (SSSR count). The fourth-order valence-corrected chi connectivity index (χ4v) is 72.8. The fourth-order valence-electron chi connectivity index (χ4n) is 12.1. The number of hydrogen-bond acceptors (Lipinski definition) is 0. The highest BCUT2D eigenvalue weighted by atomic mass is 29.1. The van der Waals surface area contributed by atoms with Crippen molar-refractivity contribution in [1.82, 2.24) is 0 Å². The van der Waals surface area contributed by atoms with Crippen LogP contribution < -0.4 is 10.4 Å². The zero-order valence-corrected chi connectivity index (χ0v) is 49.0. The van der Waals surface area contributed by atoms with Crippen LogP contribution in [0, 0.1) is 0 Å². The van der Waals surface area contributed by atoms with Crippen molar-refractivity contribution in [3.8, 4) is 0 Å². The molecule has 0 N–H and O–H groups in total. The Balaban J connectivity index is 3.20. The maximum absolute atomic E-state index is 2.70. The largest absolute Gasteiger partial charge is 0.0693 e. The Kier molecular flexibility index (Phi) is 14.6. The second-order valence-electron chi connectivity index (χ2n) is 25.0.